The molecule has 1 saturated heterocycles. The van der Waals surface area contributed by atoms with E-state index >= 15 is 0 Å². The zero-order valence-electron chi connectivity index (χ0n) is 19.6. The van der Waals surface area contributed by atoms with Gasteiger partial charge >= 0.3 is 5.97 Å². The van der Waals surface area contributed by atoms with E-state index in [2.05, 4.69) is 69.3 Å². The first-order valence-electron chi connectivity index (χ1n) is 11.5. The van der Waals surface area contributed by atoms with Crippen molar-refractivity contribution in [2.45, 2.75) is 51.0 Å². The Morgan fingerprint density at radius 1 is 0.848 bits per heavy atom. The summed E-state index contributed by atoms with van der Waals surface area (Å²) in [5.74, 6) is -0.232. The molecule has 3 aromatic rings. The summed E-state index contributed by atoms with van der Waals surface area (Å²) in [5, 5.41) is 2.27. The van der Waals surface area contributed by atoms with Crippen LogP contribution in [0.1, 0.15) is 32.8 Å². The number of carbonyl (C=O) groups excluding carboxylic acids is 1. The molecule has 1 fully saturated rings. The van der Waals surface area contributed by atoms with Crippen LogP contribution in [0.3, 0.4) is 0 Å². The summed E-state index contributed by atoms with van der Waals surface area (Å²) in [6, 6.07) is 31.0. The van der Waals surface area contributed by atoms with Gasteiger partial charge in [-0.1, -0.05) is 112 Å². The minimum atomic E-state index is -2.70. The third kappa shape index (κ3) is 5.11. The molecule has 1 aliphatic heterocycles. The molecular weight excluding hydrogens is 428 g/mol. The highest BCUT2D eigenvalue weighted by Crippen LogP contribution is 2.37. The van der Waals surface area contributed by atoms with Gasteiger partial charge in [-0.3, -0.25) is 4.79 Å². The Bertz CT molecular complexity index is 992. The molecule has 33 heavy (non-hydrogen) atoms. The molecule has 4 rings (SSSR count). The van der Waals surface area contributed by atoms with Crippen molar-refractivity contribution in [2.75, 3.05) is 6.61 Å². The van der Waals surface area contributed by atoms with Crippen LogP contribution in [0.4, 0.5) is 0 Å². The van der Waals surface area contributed by atoms with Gasteiger partial charge in [0.05, 0.1) is 19.6 Å². The van der Waals surface area contributed by atoms with E-state index in [4.69, 9.17) is 13.9 Å². The molecule has 0 unspecified atom stereocenters. The number of esters is 1. The summed E-state index contributed by atoms with van der Waals surface area (Å²) in [7, 11) is -2.70. The lowest BCUT2D eigenvalue weighted by Gasteiger charge is -2.43. The molecule has 1 aliphatic rings. The topological polar surface area (TPSA) is 44.8 Å². The predicted molar refractivity (Wildman–Crippen MR) is 133 cm³/mol. The fraction of sp³-hybridized carbons (Fsp3) is 0.321. The van der Waals surface area contributed by atoms with Crippen molar-refractivity contribution in [3.8, 4) is 0 Å². The zero-order chi connectivity index (χ0) is 23.3. The van der Waals surface area contributed by atoms with E-state index in [-0.39, 0.29) is 23.5 Å². The fourth-order valence-corrected chi connectivity index (χ4v) is 9.21. The smallest absolute Gasteiger partial charge is 0.309 e. The van der Waals surface area contributed by atoms with Crippen molar-refractivity contribution in [3.05, 3.63) is 96.6 Å². The average Bonchev–Trinajstić information content (AvgIpc) is 3.18. The number of ether oxygens (including phenoxy) is 2. The summed E-state index contributed by atoms with van der Waals surface area (Å²) in [5.41, 5.74) is 1.07. The highest BCUT2D eigenvalue weighted by Gasteiger charge is 2.51. The van der Waals surface area contributed by atoms with Gasteiger partial charge in [-0.15, -0.1) is 0 Å². The molecule has 0 saturated carbocycles. The van der Waals surface area contributed by atoms with E-state index in [1.165, 1.54) is 10.4 Å². The van der Waals surface area contributed by atoms with Crippen LogP contribution in [0.25, 0.3) is 0 Å². The lowest BCUT2D eigenvalue weighted by atomic mass is 10.2. The first kappa shape index (κ1) is 23.4. The molecule has 5 heteroatoms. The van der Waals surface area contributed by atoms with Gasteiger partial charge in [0.1, 0.15) is 6.10 Å². The number of hydrogen-bond donors (Lipinski definition) is 0. The van der Waals surface area contributed by atoms with Crippen molar-refractivity contribution in [1.82, 2.24) is 0 Å². The van der Waals surface area contributed by atoms with Gasteiger partial charge in [0.25, 0.3) is 8.32 Å². The van der Waals surface area contributed by atoms with Crippen molar-refractivity contribution in [1.29, 1.82) is 0 Å². The quantitative estimate of drug-likeness (QED) is 0.368. The molecule has 0 aromatic heterocycles. The van der Waals surface area contributed by atoms with Crippen LogP contribution in [0.15, 0.2) is 91.0 Å². The fourth-order valence-electron chi connectivity index (χ4n) is 4.64. The van der Waals surface area contributed by atoms with E-state index in [1.54, 1.807) is 0 Å². The van der Waals surface area contributed by atoms with Gasteiger partial charge < -0.3 is 13.9 Å². The number of rotatable bonds is 8. The number of hydrogen-bond acceptors (Lipinski definition) is 4. The Kier molecular flexibility index (Phi) is 7.13. The maximum atomic E-state index is 12.2. The summed E-state index contributed by atoms with van der Waals surface area (Å²) in [6.07, 6.45) is -0.500. The molecule has 0 radical (unpaired) electrons. The highest BCUT2D eigenvalue weighted by molar-refractivity contribution is 6.99. The van der Waals surface area contributed by atoms with Crippen molar-refractivity contribution in [2.24, 2.45) is 0 Å². The summed E-state index contributed by atoms with van der Waals surface area (Å²) in [4.78, 5) is 12.2. The molecule has 0 amide bonds. The first-order chi connectivity index (χ1) is 15.9. The van der Waals surface area contributed by atoms with E-state index in [9.17, 15) is 4.79 Å². The molecular formula is C28H32O4Si. The van der Waals surface area contributed by atoms with Crippen LogP contribution in [-0.4, -0.2) is 33.1 Å². The Hall–Kier alpha value is -2.73. The predicted octanol–water partition coefficient (Wildman–Crippen LogP) is 4.46. The molecule has 0 spiro atoms. The molecule has 0 aliphatic carbocycles. The van der Waals surface area contributed by atoms with Crippen molar-refractivity contribution < 1.29 is 18.7 Å². The summed E-state index contributed by atoms with van der Waals surface area (Å²) in [6.45, 7) is 7.46. The van der Waals surface area contributed by atoms with Gasteiger partial charge in [0.15, 0.2) is 6.10 Å². The minimum absolute atomic E-state index is 0.140. The normalized spacial score (nSPS) is 18.8. The Balaban J connectivity index is 1.60. The molecule has 3 aromatic carbocycles. The van der Waals surface area contributed by atoms with Crippen molar-refractivity contribution in [3.63, 3.8) is 0 Å². The third-order valence-electron chi connectivity index (χ3n) is 6.25. The Labute approximate surface area is 197 Å². The number of carbonyl (C=O) groups is 1. The second kappa shape index (κ2) is 10.0. The Morgan fingerprint density at radius 2 is 1.36 bits per heavy atom. The molecule has 0 bridgehead atoms. The van der Waals surface area contributed by atoms with Gasteiger partial charge in [-0.2, -0.15) is 0 Å². The third-order valence-corrected chi connectivity index (χ3v) is 11.3. The number of cyclic esters (lactones) is 1. The molecule has 0 N–H and O–H groups in total. The van der Waals surface area contributed by atoms with Gasteiger partial charge in [-0.05, 0) is 21.0 Å². The van der Waals surface area contributed by atoms with E-state index < -0.39 is 14.4 Å². The lowest BCUT2D eigenvalue weighted by Crippen LogP contribution is -2.67. The van der Waals surface area contributed by atoms with Crippen LogP contribution in [-0.2, 0) is 25.3 Å². The summed E-state index contributed by atoms with van der Waals surface area (Å²) < 4.78 is 18.8. The maximum absolute atomic E-state index is 12.2. The molecule has 1 heterocycles. The van der Waals surface area contributed by atoms with Crippen LogP contribution in [0.5, 0.6) is 0 Å². The van der Waals surface area contributed by atoms with E-state index in [0.29, 0.717) is 13.2 Å². The van der Waals surface area contributed by atoms with Crippen LogP contribution >= 0.6 is 0 Å². The lowest BCUT2D eigenvalue weighted by molar-refractivity contribution is -0.143. The van der Waals surface area contributed by atoms with Crippen LogP contribution in [0.2, 0.25) is 5.04 Å². The maximum Gasteiger partial charge on any atom is 0.309 e. The highest BCUT2D eigenvalue weighted by atomic mass is 28.4. The van der Waals surface area contributed by atoms with E-state index in [1.807, 2.05) is 42.5 Å². The van der Waals surface area contributed by atoms with Gasteiger partial charge in [-0.25, -0.2) is 0 Å². The second-order valence-electron chi connectivity index (χ2n) is 9.54. The van der Waals surface area contributed by atoms with Crippen molar-refractivity contribution >= 4 is 24.7 Å². The number of benzene rings is 3. The Morgan fingerprint density at radius 3 is 1.88 bits per heavy atom. The van der Waals surface area contributed by atoms with Gasteiger partial charge in [0.2, 0.25) is 0 Å². The van der Waals surface area contributed by atoms with E-state index in [0.717, 1.165) is 5.56 Å². The SMILES string of the molecule is CC(C)(C)[Si](OC[C@@H]1OC(=O)C[C@@H]1OCc1ccccc1)(c1ccccc1)c1ccccc1. The molecule has 2 atom stereocenters. The standard InChI is InChI=1S/C28H32O4Si/c1-28(2,3)33(23-15-9-5-10-16-23,24-17-11-6-12-18-24)31-21-26-25(19-27(29)32-26)30-20-22-13-7-4-8-14-22/h4-18,25-26H,19-21H2,1-3H3/t25-,26-/m0/s1. The van der Waals surface area contributed by atoms with Crippen LogP contribution < -0.4 is 10.4 Å². The largest absolute Gasteiger partial charge is 0.457 e. The zero-order valence-corrected chi connectivity index (χ0v) is 20.6. The van der Waals surface area contributed by atoms with Crippen LogP contribution in [0, 0.1) is 0 Å². The first-order valence-corrected chi connectivity index (χ1v) is 13.4. The molecule has 4 nitrogen and oxygen atoms in total. The molecule has 172 valence electrons. The summed E-state index contributed by atoms with van der Waals surface area (Å²) >= 11 is 0. The average molecular weight is 461 g/mol. The second-order valence-corrected chi connectivity index (χ2v) is 13.8. The minimum Gasteiger partial charge on any atom is -0.457 e. The van der Waals surface area contributed by atoms with Gasteiger partial charge in [0, 0.05) is 0 Å². The monoisotopic (exact) mass is 460 g/mol.